The Bertz CT molecular complexity index is 497. The first-order valence-electron chi connectivity index (χ1n) is 7.73. The van der Waals surface area contributed by atoms with Gasteiger partial charge in [-0.2, -0.15) is 0 Å². The molecular weight excluding hydrogens is 258 g/mol. The van der Waals surface area contributed by atoms with Crippen LogP contribution in [0.1, 0.15) is 31.1 Å². The third kappa shape index (κ3) is 5.33. The Morgan fingerprint density at radius 2 is 1.57 bits per heavy atom. The van der Waals surface area contributed by atoms with Gasteiger partial charge in [-0.1, -0.05) is 60.7 Å². The molecule has 0 saturated heterocycles. The van der Waals surface area contributed by atoms with E-state index in [1.54, 1.807) is 0 Å². The molecule has 0 fully saturated rings. The van der Waals surface area contributed by atoms with Crippen molar-refractivity contribution >= 4 is 0 Å². The Labute approximate surface area is 128 Å². The van der Waals surface area contributed by atoms with Gasteiger partial charge in [-0.3, -0.25) is 0 Å². The minimum atomic E-state index is 0.120. The summed E-state index contributed by atoms with van der Waals surface area (Å²) in [7, 11) is 0. The minimum absolute atomic E-state index is 0.120. The van der Waals surface area contributed by atoms with E-state index in [2.05, 4.69) is 66.8 Å². The van der Waals surface area contributed by atoms with E-state index in [1.165, 1.54) is 11.1 Å². The highest BCUT2D eigenvalue weighted by atomic mass is 16.5. The van der Waals surface area contributed by atoms with E-state index in [9.17, 15) is 0 Å². The van der Waals surface area contributed by atoms with E-state index >= 15 is 0 Å². The van der Waals surface area contributed by atoms with Crippen molar-refractivity contribution in [2.45, 2.75) is 32.4 Å². The molecule has 0 saturated carbocycles. The highest BCUT2D eigenvalue weighted by molar-refractivity contribution is 5.18. The first-order valence-corrected chi connectivity index (χ1v) is 7.73. The fourth-order valence-corrected chi connectivity index (χ4v) is 2.49. The summed E-state index contributed by atoms with van der Waals surface area (Å²) in [5.41, 5.74) is 2.60. The fraction of sp³-hybridized carbons (Fsp3) is 0.368. The van der Waals surface area contributed by atoms with Crippen LogP contribution in [-0.2, 0) is 11.2 Å². The van der Waals surface area contributed by atoms with Gasteiger partial charge in [0.1, 0.15) is 0 Å². The molecule has 0 heterocycles. The van der Waals surface area contributed by atoms with Crippen LogP contribution < -0.4 is 5.32 Å². The normalized spacial score (nSPS) is 13.8. The maximum atomic E-state index is 5.87. The summed E-state index contributed by atoms with van der Waals surface area (Å²) < 4.78 is 5.87. The van der Waals surface area contributed by atoms with Crippen molar-refractivity contribution in [2.75, 3.05) is 13.2 Å². The minimum Gasteiger partial charge on any atom is -0.372 e. The van der Waals surface area contributed by atoms with E-state index in [4.69, 9.17) is 4.74 Å². The number of ether oxygens (including phenoxy) is 1. The first kappa shape index (κ1) is 15.7. The van der Waals surface area contributed by atoms with Crippen LogP contribution in [0.2, 0.25) is 0 Å². The number of nitrogens with one attached hydrogen (secondary N) is 1. The molecule has 0 aliphatic rings. The third-order valence-electron chi connectivity index (χ3n) is 3.58. The molecule has 112 valence electrons. The quantitative estimate of drug-likeness (QED) is 0.791. The van der Waals surface area contributed by atoms with Gasteiger partial charge >= 0.3 is 0 Å². The summed E-state index contributed by atoms with van der Waals surface area (Å²) in [6.45, 7) is 5.84. The Morgan fingerprint density at radius 3 is 2.19 bits per heavy atom. The first-order chi connectivity index (χ1) is 10.3. The maximum Gasteiger partial charge on any atom is 0.0949 e. The predicted molar refractivity (Wildman–Crippen MR) is 88.4 cm³/mol. The summed E-state index contributed by atoms with van der Waals surface area (Å²) in [5.74, 6) is 0. The number of benzene rings is 2. The second-order valence-electron chi connectivity index (χ2n) is 5.35. The average molecular weight is 283 g/mol. The van der Waals surface area contributed by atoms with Gasteiger partial charge < -0.3 is 10.1 Å². The molecule has 2 atom stereocenters. The van der Waals surface area contributed by atoms with E-state index in [-0.39, 0.29) is 6.10 Å². The van der Waals surface area contributed by atoms with Crippen LogP contribution in [0.4, 0.5) is 0 Å². The van der Waals surface area contributed by atoms with Crippen LogP contribution in [-0.4, -0.2) is 19.2 Å². The molecule has 2 nitrogen and oxygen atoms in total. The molecule has 0 radical (unpaired) electrons. The molecule has 0 bridgehead atoms. The molecule has 0 aliphatic carbocycles. The van der Waals surface area contributed by atoms with Crippen LogP contribution in [0.5, 0.6) is 0 Å². The van der Waals surface area contributed by atoms with Crippen molar-refractivity contribution in [1.82, 2.24) is 5.32 Å². The molecule has 2 rings (SSSR count). The van der Waals surface area contributed by atoms with Crippen molar-refractivity contribution in [1.29, 1.82) is 0 Å². The Hall–Kier alpha value is -1.64. The molecule has 0 amide bonds. The second-order valence-corrected chi connectivity index (χ2v) is 5.35. The topological polar surface area (TPSA) is 21.3 Å². The number of hydrogen-bond acceptors (Lipinski definition) is 2. The second kappa shape index (κ2) is 8.60. The number of rotatable bonds is 8. The lowest BCUT2D eigenvalue weighted by Gasteiger charge is -2.21. The van der Waals surface area contributed by atoms with Crippen LogP contribution >= 0.6 is 0 Å². The monoisotopic (exact) mass is 283 g/mol. The van der Waals surface area contributed by atoms with Gasteiger partial charge in [-0.15, -0.1) is 0 Å². The van der Waals surface area contributed by atoms with Gasteiger partial charge in [0.25, 0.3) is 0 Å². The van der Waals surface area contributed by atoms with Crippen molar-refractivity contribution in [3.05, 3.63) is 71.8 Å². The van der Waals surface area contributed by atoms with Gasteiger partial charge in [-0.05, 0) is 31.4 Å². The molecule has 0 aromatic heterocycles. The standard InChI is InChI=1S/C19H25NO/c1-3-21-19(18-12-8-5-9-13-18)15-20-16(2)14-17-10-6-4-7-11-17/h4-13,16,19-20H,3,14-15H2,1-2H3. The molecule has 1 N–H and O–H groups in total. The summed E-state index contributed by atoms with van der Waals surface area (Å²) in [5, 5.41) is 3.59. The zero-order chi connectivity index (χ0) is 14.9. The summed E-state index contributed by atoms with van der Waals surface area (Å²) in [6, 6.07) is 21.4. The van der Waals surface area contributed by atoms with Crippen molar-refractivity contribution in [3.63, 3.8) is 0 Å². The van der Waals surface area contributed by atoms with Gasteiger partial charge in [0.2, 0.25) is 0 Å². The zero-order valence-corrected chi connectivity index (χ0v) is 13.0. The Morgan fingerprint density at radius 1 is 0.952 bits per heavy atom. The van der Waals surface area contributed by atoms with Gasteiger partial charge in [-0.25, -0.2) is 0 Å². The number of hydrogen-bond donors (Lipinski definition) is 1. The van der Waals surface area contributed by atoms with Gasteiger partial charge in [0.15, 0.2) is 0 Å². The molecular formula is C19H25NO. The van der Waals surface area contributed by atoms with Crippen LogP contribution in [0.15, 0.2) is 60.7 Å². The van der Waals surface area contributed by atoms with Gasteiger partial charge in [0, 0.05) is 19.2 Å². The predicted octanol–water partition coefficient (Wildman–Crippen LogP) is 3.99. The van der Waals surface area contributed by atoms with E-state index in [0.717, 1.165) is 19.6 Å². The van der Waals surface area contributed by atoms with Crippen LogP contribution in [0, 0.1) is 0 Å². The molecule has 0 spiro atoms. The summed E-state index contributed by atoms with van der Waals surface area (Å²) in [6.07, 6.45) is 1.16. The molecule has 21 heavy (non-hydrogen) atoms. The third-order valence-corrected chi connectivity index (χ3v) is 3.58. The summed E-state index contributed by atoms with van der Waals surface area (Å²) in [4.78, 5) is 0. The highest BCUT2D eigenvalue weighted by Gasteiger charge is 2.12. The maximum absolute atomic E-state index is 5.87. The smallest absolute Gasteiger partial charge is 0.0949 e. The Balaban J connectivity index is 1.87. The van der Waals surface area contributed by atoms with Crippen LogP contribution in [0.3, 0.4) is 0 Å². The van der Waals surface area contributed by atoms with E-state index < -0.39 is 0 Å². The SMILES string of the molecule is CCOC(CNC(C)Cc1ccccc1)c1ccccc1. The molecule has 2 aromatic rings. The lowest BCUT2D eigenvalue weighted by atomic mass is 10.1. The lowest BCUT2D eigenvalue weighted by Crippen LogP contribution is -2.32. The van der Waals surface area contributed by atoms with Gasteiger partial charge in [0.05, 0.1) is 6.10 Å². The highest BCUT2D eigenvalue weighted by Crippen LogP contribution is 2.16. The van der Waals surface area contributed by atoms with Crippen LogP contribution in [0.25, 0.3) is 0 Å². The average Bonchev–Trinajstić information content (AvgIpc) is 2.53. The molecule has 2 aromatic carbocycles. The van der Waals surface area contributed by atoms with Crippen molar-refractivity contribution < 1.29 is 4.74 Å². The Kier molecular flexibility index (Phi) is 6.45. The van der Waals surface area contributed by atoms with Crippen molar-refractivity contribution in [3.8, 4) is 0 Å². The van der Waals surface area contributed by atoms with E-state index in [1.807, 2.05) is 13.0 Å². The fourth-order valence-electron chi connectivity index (χ4n) is 2.49. The van der Waals surface area contributed by atoms with Crippen molar-refractivity contribution in [2.24, 2.45) is 0 Å². The van der Waals surface area contributed by atoms with E-state index in [0.29, 0.717) is 6.04 Å². The molecule has 0 aliphatic heterocycles. The molecule has 2 heteroatoms. The zero-order valence-electron chi connectivity index (χ0n) is 13.0. The molecule has 2 unspecified atom stereocenters. The largest absolute Gasteiger partial charge is 0.372 e. The summed E-state index contributed by atoms with van der Waals surface area (Å²) >= 11 is 0. The lowest BCUT2D eigenvalue weighted by molar-refractivity contribution is 0.0606.